The lowest BCUT2D eigenvalue weighted by Gasteiger charge is -2.42. The first kappa shape index (κ1) is 30.4. The number of carbonyl (C=O) groups excluding carboxylic acids is 2. The molecule has 0 aliphatic heterocycles. The number of nitrogens with one attached hydrogen (secondary N) is 3. The summed E-state index contributed by atoms with van der Waals surface area (Å²) in [5, 5.41) is 18.2. The monoisotopic (exact) mass is 590 g/mol. The van der Waals surface area contributed by atoms with Crippen LogP contribution in [-0.2, 0) is 11.3 Å². The number of aromatic nitrogens is 4. The van der Waals surface area contributed by atoms with Gasteiger partial charge in [0.25, 0.3) is 5.91 Å². The third kappa shape index (κ3) is 7.10. The Labute approximate surface area is 254 Å². The lowest BCUT2D eigenvalue weighted by Crippen LogP contribution is -2.53. The van der Waals surface area contributed by atoms with Crippen LogP contribution in [0.3, 0.4) is 0 Å². The Bertz CT molecular complexity index is 1280. The van der Waals surface area contributed by atoms with Gasteiger partial charge in [0, 0.05) is 28.9 Å². The minimum atomic E-state index is -0.606. The standard InChI is InChI=1S/C33H46N6O2S/c1-22-29(23(2)38-37-22)26-14-16-27(17-15-26)35-33(41)31(36-32(40)28-18-19-34-39(28)20-21-42-3)30(24-10-6-4-7-11-24)25-12-8-5-9-13-25/h14-19,24-25,30-31H,4-13,20-21H2,1-3H3,(H,35,41)(H,36,40)(H,37,38)/t31-/m0/s1. The molecule has 0 radical (unpaired) electrons. The molecule has 0 unspecified atom stereocenters. The summed E-state index contributed by atoms with van der Waals surface area (Å²) >= 11 is 1.72. The maximum atomic E-state index is 14.3. The van der Waals surface area contributed by atoms with E-state index in [0.717, 1.165) is 59.6 Å². The fourth-order valence-electron chi connectivity index (χ4n) is 7.32. The van der Waals surface area contributed by atoms with Crippen molar-refractivity contribution >= 4 is 29.3 Å². The third-order valence-electron chi connectivity index (χ3n) is 9.37. The van der Waals surface area contributed by atoms with E-state index in [9.17, 15) is 9.59 Å². The Morgan fingerprint density at radius 3 is 2.19 bits per heavy atom. The molecular formula is C33H46N6O2S. The van der Waals surface area contributed by atoms with Crippen LogP contribution in [0.2, 0.25) is 0 Å². The molecule has 2 aliphatic carbocycles. The van der Waals surface area contributed by atoms with Crippen LogP contribution in [0.5, 0.6) is 0 Å². The van der Waals surface area contributed by atoms with E-state index in [0.29, 0.717) is 24.1 Å². The number of aromatic amines is 1. The molecular weight excluding hydrogens is 544 g/mol. The third-order valence-corrected chi connectivity index (χ3v) is 9.96. The lowest BCUT2D eigenvalue weighted by molar-refractivity contribution is -0.120. The average Bonchev–Trinajstić information content (AvgIpc) is 3.63. The number of aryl methyl sites for hydroxylation is 3. The summed E-state index contributed by atoms with van der Waals surface area (Å²) in [6.45, 7) is 4.66. The van der Waals surface area contributed by atoms with E-state index in [-0.39, 0.29) is 17.7 Å². The number of H-pyrrole nitrogens is 1. The average molecular weight is 591 g/mol. The minimum absolute atomic E-state index is 0.118. The molecule has 0 spiro atoms. The second-order valence-electron chi connectivity index (χ2n) is 12.1. The summed E-state index contributed by atoms with van der Waals surface area (Å²) < 4.78 is 1.76. The van der Waals surface area contributed by atoms with E-state index in [1.54, 1.807) is 28.7 Å². The molecule has 0 bridgehead atoms. The molecule has 8 nitrogen and oxygen atoms in total. The molecule has 2 amide bonds. The van der Waals surface area contributed by atoms with E-state index in [1.807, 2.05) is 44.4 Å². The van der Waals surface area contributed by atoms with Crippen LogP contribution < -0.4 is 10.6 Å². The molecule has 0 saturated heterocycles. The van der Waals surface area contributed by atoms with Gasteiger partial charge in [0.05, 0.1) is 12.2 Å². The molecule has 226 valence electrons. The largest absolute Gasteiger partial charge is 0.339 e. The topological polar surface area (TPSA) is 105 Å². The highest BCUT2D eigenvalue weighted by Gasteiger charge is 2.41. The molecule has 2 saturated carbocycles. The number of amides is 2. The van der Waals surface area contributed by atoms with Crippen LogP contribution in [0, 0.1) is 31.6 Å². The SMILES string of the molecule is CSCCn1nccc1C(=O)N[C@H](C(=O)Nc1ccc(-c2c(C)n[nH]c2C)cc1)C(C1CCCCC1)C1CCCCC1. The smallest absolute Gasteiger partial charge is 0.270 e. The Balaban J connectivity index is 1.42. The summed E-state index contributed by atoms with van der Waals surface area (Å²) in [6.07, 6.45) is 15.6. The van der Waals surface area contributed by atoms with Crippen LogP contribution in [0.15, 0.2) is 36.5 Å². The van der Waals surface area contributed by atoms with Crippen molar-refractivity contribution in [1.29, 1.82) is 0 Å². The highest BCUT2D eigenvalue weighted by atomic mass is 32.2. The van der Waals surface area contributed by atoms with E-state index < -0.39 is 6.04 Å². The number of carbonyl (C=O) groups is 2. The normalized spacial score (nSPS) is 17.3. The van der Waals surface area contributed by atoms with Crippen molar-refractivity contribution in [3.8, 4) is 11.1 Å². The van der Waals surface area contributed by atoms with Crippen LogP contribution in [0.25, 0.3) is 11.1 Å². The molecule has 42 heavy (non-hydrogen) atoms. The molecule has 2 heterocycles. The first-order chi connectivity index (χ1) is 20.5. The molecule has 1 atom stereocenters. The highest BCUT2D eigenvalue weighted by Crippen LogP contribution is 2.42. The van der Waals surface area contributed by atoms with E-state index in [2.05, 4.69) is 25.9 Å². The van der Waals surface area contributed by atoms with Crippen molar-refractivity contribution < 1.29 is 9.59 Å². The molecule has 5 rings (SSSR count). The number of nitrogens with zero attached hydrogens (tertiary/aromatic N) is 3. The fraction of sp³-hybridized carbons (Fsp3) is 0.576. The summed E-state index contributed by atoms with van der Waals surface area (Å²) in [7, 11) is 0. The van der Waals surface area contributed by atoms with Crippen LogP contribution >= 0.6 is 11.8 Å². The Morgan fingerprint density at radius 2 is 1.62 bits per heavy atom. The number of benzene rings is 1. The molecule has 3 N–H and O–H groups in total. The van der Waals surface area contributed by atoms with Gasteiger partial charge in [-0.05, 0) is 61.6 Å². The van der Waals surface area contributed by atoms with Gasteiger partial charge in [-0.15, -0.1) is 0 Å². The van der Waals surface area contributed by atoms with Gasteiger partial charge in [-0.1, -0.05) is 76.3 Å². The maximum absolute atomic E-state index is 14.3. The second kappa shape index (κ2) is 14.4. The quantitative estimate of drug-likeness (QED) is 0.229. The zero-order chi connectivity index (χ0) is 29.5. The summed E-state index contributed by atoms with van der Waals surface area (Å²) in [5.74, 6) is 1.52. The van der Waals surface area contributed by atoms with Crippen molar-refractivity contribution in [3.63, 3.8) is 0 Å². The van der Waals surface area contributed by atoms with Gasteiger partial charge in [-0.2, -0.15) is 22.0 Å². The number of anilines is 1. The van der Waals surface area contributed by atoms with Crippen LogP contribution in [0.1, 0.15) is 86.1 Å². The van der Waals surface area contributed by atoms with E-state index in [1.165, 1.54) is 38.5 Å². The minimum Gasteiger partial charge on any atom is -0.339 e. The second-order valence-corrected chi connectivity index (χ2v) is 13.1. The molecule has 2 aromatic heterocycles. The molecule has 2 fully saturated rings. The van der Waals surface area contributed by atoms with Crippen molar-refractivity contribution in [2.75, 3.05) is 17.3 Å². The van der Waals surface area contributed by atoms with Gasteiger partial charge in [-0.25, -0.2) is 0 Å². The lowest BCUT2D eigenvalue weighted by atomic mass is 9.66. The van der Waals surface area contributed by atoms with Gasteiger partial charge in [0.1, 0.15) is 11.7 Å². The Morgan fingerprint density at radius 1 is 0.976 bits per heavy atom. The van der Waals surface area contributed by atoms with Crippen molar-refractivity contribution in [2.45, 2.75) is 90.6 Å². The molecule has 9 heteroatoms. The highest BCUT2D eigenvalue weighted by molar-refractivity contribution is 7.98. The van der Waals surface area contributed by atoms with Crippen LogP contribution in [0.4, 0.5) is 5.69 Å². The molecule has 3 aromatic rings. The summed E-state index contributed by atoms with van der Waals surface area (Å²) in [5.41, 5.74) is 5.37. The molecule has 1 aromatic carbocycles. The predicted molar refractivity (Wildman–Crippen MR) is 171 cm³/mol. The van der Waals surface area contributed by atoms with Crippen molar-refractivity contribution in [3.05, 3.63) is 53.6 Å². The summed E-state index contributed by atoms with van der Waals surface area (Å²) in [6, 6.07) is 9.11. The van der Waals surface area contributed by atoms with Gasteiger partial charge >= 0.3 is 0 Å². The Hall–Kier alpha value is -3.07. The maximum Gasteiger partial charge on any atom is 0.270 e. The van der Waals surface area contributed by atoms with Gasteiger partial charge in [-0.3, -0.25) is 19.4 Å². The van der Waals surface area contributed by atoms with Crippen LogP contribution in [-0.4, -0.2) is 49.8 Å². The zero-order valence-electron chi connectivity index (χ0n) is 25.3. The number of rotatable bonds is 11. The number of hydrogen-bond acceptors (Lipinski definition) is 5. The number of hydrogen-bond donors (Lipinski definition) is 3. The van der Waals surface area contributed by atoms with E-state index in [4.69, 9.17) is 0 Å². The predicted octanol–water partition coefficient (Wildman–Crippen LogP) is 6.77. The summed E-state index contributed by atoms with van der Waals surface area (Å²) in [4.78, 5) is 28.1. The first-order valence-corrected chi connectivity index (χ1v) is 17.1. The first-order valence-electron chi connectivity index (χ1n) is 15.7. The Kier molecular flexibility index (Phi) is 10.4. The molecule has 2 aliphatic rings. The van der Waals surface area contributed by atoms with Gasteiger partial charge < -0.3 is 10.6 Å². The zero-order valence-corrected chi connectivity index (χ0v) is 26.1. The fourth-order valence-corrected chi connectivity index (χ4v) is 7.67. The van der Waals surface area contributed by atoms with Gasteiger partial charge in [0.2, 0.25) is 5.91 Å². The van der Waals surface area contributed by atoms with Crippen molar-refractivity contribution in [1.82, 2.24) is 25.3 Å². The van der Waals surface area contributed by atoms with E-state index >= 15 is 0 Å². The number of thioether (sulfide) groups is 1. The van der Waals surface area contributed by atoms with Crippen molar-refractivity contribution in [2.24, 2.45) is 17.8 Å². The van der Waals surface area contributed by atoms with Gasteiger partial charge in [0.15, 0.2) is 0 Å².